The van der Waals surface area contributed by atoms with Crippen LogP contribution in [0.15, 0.2) is 18.2 Å². The van der Waals surface area contributed by atoms with Gasteiger partial charge in [0.15, 0.2) is 0 Å². The Hall–Kier alpha value is -1.62. The van der Waals surface area contributed by atoms with Crippen LogP contribution >= 0.6 is 0 Å². The fraction of sp³-hybridized carbons (Fsp3) is 0.538. The molecule has 1 aromatic carbocycles. The molecule has 0 aliphatic carbocycles. The summed E-state index contributed by atoms with van der Waals surface area (Å²) in [5, 5.41) is 14.5. The highest BCUT2D eigenvalue weighted by atomic mass is 16.6. The molecule has 5 nitrogen and oxygen atoms in total. The van der Waals surface area contributed by atoms with Gasteiger partial charge in [0, 0.05) is 31.2 Å². The third-order valence-corrected chi connectivity index (χ3v) is 3.42. The van der Waals surface area contributed by atoms with E-state index < -0.39 is 0 Å². The highest BCUT2D eigenvalue weighted by molar-refractivity contribution is 5.65. The van der Waals surface area contributed by atoms with Crippen LogP contribution in [0.2, 0.25) is 0 Å². The van der Waals surface area contributed by atoms with E-state index in [0.717, 1.165) is 30.9 Å². The SMILES string of the molecule is Cc1ccc(N2CCNCC2(C)C)c([N+](=O)[O-])c1. The van der Waals surface area contributed by atoms with Gasteiger partial charge in [-0.2, -0.15) is 0 Å². The number of rotatable bonds is 2. The maximum Gasteiger partial charge on any atom is 0.292 e. The summed E-state index contributed by atoms with van der Waals surface area (Å²) in [4.78, 5) is 13.0. The van der Waals surface area contributed by atoms with E-state index in [1.54, 1.807) is 6.07 Å². The van der Waals surface area contributed by atoms with Crippen LogP contribution in [0.1, 0.15) is 19.4 Å². The lowest BCUT2D eigenvalue weighted by atomic mass is 9.98. The first-order chi connectivity index (χ1) is 8.42. The van der Waals surface area contributed by atoms with E-state index >= 15 is 0 Å². The highest BCUT2D eigenvalue weighted by Gasteiger charge is 2.33. The molecule has 1 fully saturated rings. The third-order valence-electron chi connectivity index (χ3n) is 3.42. The number of aryl methyl sites for hydroxylation is 1. The number of benzene rings is 1. The third kappa shape index (κ3) is 2.31. The number of anilines is 1. The Kier molecular flexibility index (Phi) is 3.26. The summed E-state index contributed by atoms with van der Waals surface area (Å²) in [5.41, 5.74) is 1.72. The summed E-state index contributed by atoms with van der Waals surface area (Å²) < 4.78 is 0. The first kappa shape index (κ1) is 12.8. The van der Waals surface area contributed by atoms with Gasteiger partial charge in [0.2, 0.25) is 0 Å². The van der Waals surface area contributed by atoms with Gasteiger partial charge in [0.1, 0.15) is 5.69 Å². The number of hydrogen-bond donors (Lipinski definition) is 1. The zero-order valence-electron chi connectivity index (χ0n) is 11.1. The Balaban J connectivity index is 2.46. The Morgan fingerprint density at radius 2 is 2.17 bits per heavy atom. The molecule has 1 saturated heterocycles. The molecular formula is C13H19N3O2. The van der Waals surface area contributed by atoms with Crippen molar-refractivity contribution in [2.75, 3.05) is 24.5 Å². The molecular weight excluding hydrogens is 230 g/mol. The van der Waals surface area contributed by atoms with Crippen molar-refractivity contribution in [2.45, 2.75) is 26.3 Å². The van der Waals surface area contributed by atoms with Crippen molar-refractivity contribution in [3.8, 4) is 0 Å². The molecule has 0 amide bonds. The first-order valence-corrected chi connectivity index (χ1v) is 6.15. The molecule has 1 aromatic rings. The van der Waals surface area contributed by atoms with E-state index in [9.17, 15) is 10.1 Å². The van der Waals surface area contributed by atoms with Crippen molar-refractivity contribution in [3.63, 3.8) is 0 Å². The Labute approximate surface area is 107 Å². The van der Waals surface area contributed by atoms with E-state index in [-0.39, 0.29) is 16.1 Å². The van der Waals surface area contributed by atoms with E-state index in [1.807, 2.05) is 19.1 Å². The standard InChI is InChI=1S/C13H19N3O2/c1-10-4-5-11(12(8-10)16(17)18)15-7-6-14-9-13(15,2)3/h4-5,8,14H,6-7,9H2,1-3H3. The van der Waals surface area contributed by atoms with Crippen molar-refractivity contribution < 1.29 is 4.92 Å². The van der Waals surface area contributed by atoms with Gasteiger partial charge in [-0.25, -0.2) is 0 Å². The average Bonchev–Trinajstić information content (AvgIpc) is 2.29. The molecule has 0 bridgehead atoms. The first-order valence-electron chi connectivity index (χ1n) is 6.15. The van der Waals surface area contributed by atoms with Crippen LogP contribution in [0.4, 0.5) is 11.4 Å². The van der Waals surface area contributed by atoms with Crippen LogP contribution in [0.25, 0.3) is 0 Å². The summed E-state index contributed by atoms with van der Waals surface area (Å²) in [7, 11) is 0. The van der Waals surface area contributed by atoms with E-state index in [1.165, 1.54) is 0 Å². The van der Waals surface area contributed by atoms with Gasteiger partial charge in [-0.05, 0) is 32.4 Å². The lowest BCUT2D eigenvalue weighted by Gasteiger charge is -2.44. The predicted molar refractivity (Wildman–Crippen MR) is 72.1 cm³/mol. The molecule has 98 valence electrons. The van der Waals surface area contributed by atoms with Crippen LogP contribution < -0.4 is 10.2 Å². The molecule has 0 saturated carbocycles. The van der Waals surface area contributed by atoms with Crippen LogP contribution in [0, 0.1) is 17.0 Å². The van der Waals surface area contributed by atoms with Crippen molar-refractivity contribution in [1.29, 1.82) is 0 Å². The molecule has 0 radical (unpaired) electrons. The van der Waals surface area contributed by atoms with Gasteiger partial charge in [0.25, 0.3) is 5.69 Å². The van der Waals surface area contributed by atoms with E-state index in [2.05, 4.69) is 24.1 Å². The topological polar surface area (TPSA) is 58.4 Å². The molecule has 0 atom stereocenters. The van der Waals surface area contributed by atoms with Gasteiger partial charge in [0.05, 0.1) is 4.92 Å². The van der Waals surface area contributed by atoms with Crippen molar-refractivity contribution >= 4 is 11.4 Å². The van der Waals surface area contributed by atoms with Gasteiger partial charge in [-0.3, -0.25) is 10.1 Å². The number of nitrogens with zero attached hydrogens (tertiary/aromatic N) is 2. The summed E-state index contributed by atoms with van der Waals surface area (Å²) in [6, 6.07) is 5.44. The van der Waals surface area contributed by atoms with E-state index in [4.69, 9.17) is 0 Å². The highest BCUT2D eigenvalue weighted by Crippen LogP contribution is 2.34. The summed E-state index contributed by atoms with van der Waals surface area (Å²) >= 11 is 0. The Bertz CT molecular complexity index is 471. The number of hydrogen-bond acceptors (Lipinski definition) is 4. The van der Waals surface area contributed by atoms with Crippen LogP contribution in [-0.2, 0) is 0 Å². The molecule has 0 spiro atoms. The second-order valence-electron chi connectivity index (χ2n) is 5.39. The zero-order chi connectivity index (χ0) is 13.3. The molecule has 1 aliphatic rings. The molecule has 2 rings (SSSR count). The molecule has 5 heteroatoms. The smallest absolute Gasteiger partial charge is 0.292 e. The summed E-state index contributed by atoms with van der Waals surface area (Å²) in [6.45, 7) is 8.55. The fourth-order valence-corrected chi connectivity index (χ4v) is 2.44. The monoisotopic (exact) mass is 249 g/mol. The summed E-state index contributed by atoms with van der Waals surface area (Å²) in [5.74, 6) is 0. The van der Waals surface area contributed by atoms with Gasteiger partial charge < -0.3 is 10.2 Å². The lowest BCUT2D eigenvalue weighted by molar-refractivity contribution is -0.384. The minimum absolute atomic E-state index is 0.113. The molecule has 0 unspecified atom stereocenters. The second-order valence-corrected chi connectivity index (χ2v) is 5.39. The molecule has 1 aliphatic heterocycles. The zero-order valence-corrected chi connectivity index (χ0v) is 11.1. The Morgan fingerprint density at radius 3 is 2.78 bits per heavy atom. The fourth-order valence-electron chi connectivity index (χ4n) is 2.44. The molecule has 18 heavy (non-hydrogen) atoms. The molecule has 0 aromatic heterocycles. The van der Waals surface area contributed by atoms with Crippen LogP contribution in [0.3, 0.4) is 0 Å². The maximum atomic E-state index is 11.2. The quantitative estimate of drug-likeness (QED) is 0.644. The van der Waals surface area contributed by atoms with Crippen LogP contribution in [0.5, 0.6) is 0 Å². The minimum atomic E-state index is -0.291. The second kappa shape index (κ2) is 4.57. The normalized spacial score (nSPS) is 18.7. The van der Waals surface area contributed by atoms with Gasteiger partial charge in [-0.15, -0.1) is 0 Å². The van der Waals surface area contributed by atoms with Gasteiger partial charge in [-0.1, -0.05) is 6.07 Å². The number of piperazine rings is 1. The number of nitro groups is 1. The molecule has 1 heterocycles. The lowest BCUT2D eigenvalue weighted by Crippen LogP contribution is -2.58. The number of nitrogens with one attached hydrogen (secondary N) is 1. The number of nitro benzene ring substituents is 1. The molecule has 1 N–H and O–H groups in total. The van der Waals surface area contributed by atoms with Crippen LogP contribution in [-0.4, -0.2) is 30.1 Å². The van der Waals surface area contributed by atoms with Gasteiger partial charge >= 0.3 is 0 Å². The Morgan fingerprint density at radius 1 is 1.44 bits per heavy atom. The van der Waals surface area contributed by atoms with Crippen molar-refractivity contribution in [2.24, 2.45) is 0 Å². The predicted octanol–water partition coefficient (Wildman–Crippen LogP) is 2.09. The van der Waals surface area contributed by atoms with Crippen molar-refractivity contribution in [3.05, 3.63) is 33.9 Å². The minimum Gasteiger partial charge on any atom is -0.358 e. The average molecular weight is 249 g/mol. The summed E-state index contributed by atoms with van der Waals surface area (Å²) in [6.07, 6.45) is 0. The maximum absolute atomic E-state index is 11.2. The van der Waals surface area contributed by atoms with Crippen molar-refractivity contribution in [1.82, 2.24) is 5.32 Å². The largest absolute Gasteiger partial charge is 0.358 e. The van der Waals surface area contributed by atoms with E-state index in [0.29, 0.717) is 0 Å².